The molecule has 9 heteroatoms. The third kappa shape index (κ3) is 4.38. The standard InChI is InChI=1S/C23H32N8O/c1-15(2)19-14-26-31-21(19)27-23(30-11-9-18(24)10-12-30)28-22(31)25-13-17-7-5-6-8-20(17)29(4)16(3)32/h5-8,14-15,18H,9-13,24H2,1-4H3,(H,25,27,28). The van der Waals surface area contributed by atoms with Crippen molar-refractivity contribution >= 4 is 29.1 Å². The highest BCUT2D eigenvalue weighted by Gasteiger charge is 2.22. The largest absolute Gasteiger partial charge is 0.350 e. The quantitative estimate of drug-likeness (QED) is 0.612. The molecule has 0 atom stereocenters. The van der Waals surface area contributed by atoms with E-state index in [-0.39, 0.29) is 11.9 Å². The minimum atomic E-state index is -0.0129. The summed E-state index contributed by atoms with van der Waals surface area (Å²) in [5.41, 5.74) is 9.86. The molecular formula is C23H32N8O. The second-order valence-corrected chi connectivity index (χ2v) is 8.72. The first kappa shape index (κ1) is 22.0. The maximum absolute atomic E-state index is 11.9. The highest BCUT2D eigenvalue weighted by molar-refractivity contribution is 5.91. The molecule has 1 aliphatic heterocycles. The third-order valence-corrected chi connectivity index (χ3v) is 6.09. The van der Waals surface area contributed by atoms with E-state index in [1.807, 2.05) is 30.5 Å². The number of nitrogens with one attached hydrogen (secondary N) is 1. The van der Waals surface area contributed by atoms with E-state index in [4.69, 9.17) is 15.7 Å². The zero-order valence-corrected chi connectivity index (χ0v) is 19.2. The molecule has 1 saturated heterocycles. The molecule has 0 saturated carbocycles. The molecule has 0 unspecified atom stereocenters. The van der Waals surface area contributed by atoms with Crippen molar-refractivity contribution in [2.24, 2.45) is 5.73 Å². The van der Waals surface area contributed by atoms with E-state index >= 15 is 0 Å². The van der Waals surface area contributed by atoms with Gasteiger partial charge in [0.15, 0.2) is 5.65 Å². The number of para-hydroxylation sites is 1. The summed E-state index contributed by atoms with van der Waals surface area (Å²) in [7, 11) is 1.78. The Balaban J connectivity index is 1.69. The van der Waals surface area contributed by atoms with E-state index in [0.717, 1.165) is 48.4 Å². The van der Waals surface area contributed by atoms with Crippen LogP contribution in [0, 0.1) is 0 Å². The van der Waals surface area contributed by atoms with Gasteiger partial charge < -0.3 is 20.9 Å². The summed E-state index contributed by atoms with van der Waals surface area (Å²) < 4.78 is 1.77. The van der Waals surface area contributed by atoms with Crippen molar-refractivity contribution in [2.45, 2.75) is 52.1 Å². The molecule has 0 radical (unpaired) electrons. The average Bonchev–Trinajstić information content (AvgIpc) is 3.22. The molecular weight excluding hydrogens is 404 g/mol. The third-order valence-electron chi connectivity index (χ3n) is 6.09. The lowest BCUT2D eigenvalue weighted by molar-refractivity contribution is -0.116. The molecule has 0 aliphatic carbocycles. The Labute approximate surface area is 188 Å². The predicted octanol–water partition coefficient (Wildman–Crippen LogP) is 2.77. The van der Waals surface area contributed by atoms with Crippen molar-refractivity contribution in [1.82, 2.24) is 19.6 Å². The van der Waals surface area contributed by atoms with Gasteiger partial charge in [-0.15, -0.1) is 0 Å². The first-order chi connectivity index (χ1) is 15.3. The predicted molar refractivity (Wildman–Crippen MR) is 127 cm³/mol. The fraction of sp³-hybridized carbons (Fsp3) is 0.478. The van der Waals surface area contributed by atoms with Crippen molar-refractivity contribution in [3.63, 3.8) is 0 Å². The first-order valence-electron chi connectivity index (χ1n) is 11.2. The minimum Gasteiger partial charge on any atom is -0.350 e. The van der Waals surface area contributed by atoms with Crippen LogP contribution in [0.25, 0.3) is 5.65 Å². The number of anilines is 3. The van der Waals surface area contributed by atoms with Crippen LogP contribution in [0.5, 0.6) is 0 Å². The number of aromatic nitrogens is 4. The Kier molecular flexibility index (Phi) is 6.27. The van der Waals surface area contributed by atoms with E-state index in [0.29, 0.717) is 24.4 Å². The molecule has 1 aliphatic rings. The lowest BCUT2D eigenvalue weighted by Crippen LogP contribution is -2.40. The van der Waals surface area contributed by atoms with Gasteiger partial charge >= 0.3 is 0 Å². The van der Waals surface area contributed by atoms with Crippen LogP contribution in [0.3, 0.4) is 0 Å². The lowest BCUT2D eigenvalue weighted by atomic mass is 10.1. The SMILES string of the molecule is CC(=O)N(C)c1ccccc1CNc1nc(N2CCC(N)CC2)nc2c(C(C)C)cnn12. The molecule has 9 nitrogen and oxygen atoms in total. The van der Waals surface area contributed by atoms with Gasteiger partial charge in [-0.2, -0.15) is 19.6 Å². The van der Waals surface area contributed by atoms with Gasteiger partial charge in [0.05, 0.1) is 6.20 Å². The lowest BCUT2D eigenvalue weighted by Gasteiger charge is -2.30. The second-order valence-electron chi connectivity index (χ2n) is 8.72. The van der Waals surface area contributed by atoms with Crippen LogP contribution in [-0.2, 0) is 11.3 Å². The number of nitrogens with zero attached hydrogens (tertiary/aromatic N) is 6. The van der Waals surface area contributed by atoms with E-state index in [2.05, 4.69) is 29.2 Å². The molecule has 170 valence electrons. The number of rotatable bonds is 6. The summed E-state index contributed by atoms with van der Waals surface area (Å²) in [4.78, 5) is 25.5. The molecule has 2 aromatic heterocycles. The fourth-order valence-electron chi connectivity index (χ4n) is 3.98. The van der Waals surface area contributed by atoms with Gasteiger partial charge in [0.2, 0.25) is 17.8 Å². The maximum Gasteiger partial charge on any atom is 0.230 e. The number of carbonyl (C=O) groups is 1. The topological polar surface area (TPSA) is 105 Å². The van der Waals surface area contributed by atoms with Gasteiger partial charge in [0.1, 0.15) is 0 Å². The summed E-state index contributed by atoms with van der Waals surface area (Å²) >= 11 is 0. The number of piperidine rings is 1. The van der Waals surface area contributed by atoms with Crippen LogP contribution in [0.4, 0.5) is 17.6 Å². The number of hydrogen-bond donors (Lipinski definition) is 2. The molecule has 1 amide bonds. The van der Waals surface area contributed by atoms with E-state index in [1.54, 1.807) is 23.4 Å². The highest BCUT2D eigenvalue weighted by Crippen LogP contribution is 2.26. The zero-order chi connectivity index (χ0) is 22.8. The summed E-state index contributed by atoms with van der Waals surface area (Å²) in [6.07, 6.45) is 3.73. The monoisotopic (exact) mass is 436 g/mol. The smallest absolute Gasteiger partial charge is 0.230 e. The summed E-state index contributed by atoms with van der Waals surface area (Å²) in [5, 5.41) is 8.00. The van der Waals surface area contributed by atoms with Crippen molar-refractivity contribution in [3.05, 3.63) is 41.6 Å². The van der Waals surface area contributed by atoms with E-state index < -0.39 is 0 Å². The average molecular weight is 437 g/mol. The Hall–Kier alpha value is -3.20. The van der Waals surface area contributed by atoms with Crippen LogP contribution in [-0.4, -0.2) is 51.7 Å². The minimum absolute atomic E-state index is 0.0129. The number of nitrogens with two attached hydrogens (primary N) is 1. The van der Waals surface area contributed by atoms with Gasteiger partial charge in [-0.05, 0) is 30.4 Å². The number of amides is 1. The molecule has 32 heavy (non-hydrogen) atoms. The van der Waals surface area contributed by atoms with Gasteiger partial charge in [-0.25, -0.2) is 0 Å². The Morgan fingerprint density at radius 1 is 1.25 bits per heavy atom. The van der Waals surface area contributed by atoms with Crippen molar-refractivity contribution < 1.29 is 4.79 Å². The summed E-state index contributed by atoms with van der Waals surface area (Å²) in [6, 6.07) is 8.10. The molecule has 3 N–H and O–H groups in total. The number of benzene rings is 1. The molecule has 3 heterocycles. The van der Waals surface area contributed by atoms with Crippen LogP contribution >= 0.6 is 0 Å². The van der Waals surface area contributed by atoms with Gasteiger partial charge in [0, 0.05) is 50.9 Å². The molecule has 3 aromatic rings. The Morgan fingerprint density at radius 2 is 1.97 bits per heavy atom. The summed E-state index contributed by atoms with van der Waals surface area (Å²) in [5.74, 6) is 1.61. The van der Waals surface area contributed by atoms with Crippen molar-refractivity contribution in [1.29, 1.82) is 0 Å². The molecule has 1 fully saturated rings. The van der Waals surface area contributed by atoms with Crippen LogP contribution in [0.1, 0.15) is 50.7 Å². The number of carbonyl (C=O) groups excluding carboxylic acids is 1. The Bertz CT molecular complexity index is 1100. The molecule has 1 aromatic carbocycles. The highest BCUT2D eigenvalue weighted by atomic mass is 16.2. The van der Waals surface area contributed by atoms with Gasteiger partial charge in [0.25, 0.3) is 0 Å². The number of hydrogen-bond acceptors (Lipinski definition) is 7. The van der Waals surface area contributed by atoms with Crippen LogP contribution < -0.4 is 20.9 Å². The Morgan fingerprint density at radius 3 is 2.66 bits per heavy atom. The first-order valence-corrected chi connectivity index (χ1v) is 11.2. The second kappa shape index (κ2) is 9.12. The molecule has 4 rings (SSSR count). The fourth-order valence-corrected chi connectivity index (χ4v) is 3.98. The van der Waals surface area contributed by atoms with Crippen LogP contribution in [0.2, 0.25) is 0 Å². The molecule has 0 spiro atoms. The van der Waals surface area contributed by atoms with E-state index in [1.165, 1.54) is 0 Å². The molecule has 0 bridgehead atoms. The summed E-state index contributed by atoms with van der Waals surface area (Å²) in [6.45, 7) is 8.02. The zero-order valence-electron chi connectivity index (χ0n) is 19.2. The van der Waals surface area contributed by atoms with Crippen molar-refractivity contribution in [2.75, 3.05) is 35.3 Å². The van der Waals surface area contributed by atoms with E-state index in [9.17, 15) is 4.79 Å². The maximum atomic E-state index is 11.9. The van der Waals surface area contributed by atoms with Gasteiger partial charge in [-0.3, -0.25) is 4.79 Å². The van der Waals surface area contributed by atoms with Crippen molar-refractivity contribution in [3.8, 4) is 0 Å². The van der Waals surface area contributed by atoms with Gasteiger partial charge in [-0.1, -0.05) is 32.0 Å². The normalized spacial score (nSPS) is 14.9. The number of fused-ring (bicyclic) bond motifs is 1. The van der Waals surface area contributed by atoms with Crippen LogP contribution in [0.15, 0.2) is 30.5 Å².